The molecule has 0 fully saturated rings. The summed E-state index contributed by atoms with van der Waals surface area (Å²) in [5.74, 6) is 0. The van der Waals surface area contributed by atoms with Gasteiger partial charge in [0.05, 0.1) is 0 Å². The summed E-state index contributed by atoms with van der Waals surface area (Å²) in [6.07, 6.45) is 10.0. The number of benzene rings is 1. The number of rotatable bonds is 0. The predicted molar refractivity (Wildman–Crippen MR) is 65.8 cm³/mol. The molecule has 1 aliphatic rings. The van der Waals surface area contributed by atoms with Crippen LogP contribution in [0.5, 0.6) is 0 Å². The molecule has 1 aliphatic carbocycles. The van der Waals surface area contributed by atoms with Crippen LogP contribution in [0.1, 0.15) is 12.0 Å². The second-order valence-corrected chi connectivity index (χ2v) is 3.61. The fourth-order valence-electron chi connectivity index (χ4n) is 1.65. The van der Waals surface area contributed by atoms with Crippen molar-refractivity contribution >= 4 is 10.8 Å². The van der Waals surface area contributed by atoms with E-state index in [-0.39, 0.29) is 51.0 Å². The van der Waals surface area contributed by atoms with Crippen LogP contribution in [0.4, 0.5) is 0 Å². The second-order valence-electron chi connectivity index (χ2n) is 3.61. The van der Waals surface area contributed by atoms with E-state index in [2.05, 4.69) is 55.5 Å². The van der Waals surface area contributed by atoms with E-state index in [1.165, 1.54) is 16.3 Å². The molecule has 2 aromatic rings. The summed E-state index contributed by atoms with van der Waals surface area (Å²) >= 11 is 0. The van der Waals surface area contributed by atoms with Crippen molar-refractivity contribution in [1.82, 2.24) is 0 Å². The van der Waals surface area contributed by atoms with E-state index >= 15 is 0 Å². The summed E-state index contributed by atoms with van der Waals surface area (Å²) in [7, 11) is 0. The Morgan fingerprint density at radius 2 is 1.83 bits per heavy atom. The Labute approximate surface area is 140 Å². The molecule has 0 saturated heterocycles. The molecule has 0 radical (unpaired) electrons. The molecule has 3 rings (SSSR count). The number of hydrogen-bond donors (Lipinski definition) is 0. The zero-order valence-corrected chi connectivity index (χ0v) is 14.1. The van der Waals surface area contributed by atoms with E-state index in [1.54, 1.807) is 0 Å². The number of aryl methyl sites for hydroxylation is 1. The Hall–Kier alpha value is -0.227. The average Bonchev–Trinajstić information content (AvgIpc) is 2.92. The zero-order valence-electron chi connectivity index (χ0n) is 10.2. The van der Waals surface area contributed by atoms with Gasteiger partial charge in [0.2, 0.25) is 0 Å². The van der Waals surface area contributed by atoms with Crippen LogP contribution >= 0.6 is 0 Å². The van der Waals surface area contributed by atoms with E-state index in [1.807, 2.05) is 12.2 Å². The summed E-state index contributed by atoms with van der Waals surface area (Å²) in [6, 6.07) is 12.8. The second kappa shape index (κ2) is 10.7. The fourth-order valence-corrected chi connectivity index (χ4v) is 1.65. The monoisotopic (exact) mass is 354 g/mol. The third-order valence-electron chi connectivity index (χ3n) is 2.48. The largest absolute Gasteiger partial charge is 4.00 e. The van der Waals surface area contributed by atoms with E-state index < -0.39 is 0 Å². The maximum absolute atomic E-state index is 2.99. The first kappa shape index (κ1) is 20.1. The number of halogens is 2. The van der Waals surface area contributed by atoms with E-state index in [9.17, 15) is 0 Å². The van der Waals surface area contributed by atoms with Crippen LogP contribution in [0.2, 0.25) is 0 Å². The molecule has 0 unspecified atom stereocenters. The number of hydrogen-bond acceptors (Lipinski definition) is 0. The van der Waals surface area contributed by atoms with Crippen molar-refractivity contribution in [3.05, 3.63) is 66.3 Å². The van der Waals surface area contributed by atoms with Crippen LogP contribution in [0.15, 0.2) is 54.6 Å². The molecular formula is C15H14Cl2Zr. The summed E-state index contributed by atoms with van der Waals surface area (Å²) in [4.78, 5) is 0. The summed E-state index contributed by atoms with van der Waals surface area (Å²) < 4.78 is 0. The molecule has 0 nitrogen and oxygen atoms in total. The van der Waals surface area contributed by atoms with Crippen LogP contribution in [-0.4, -0.2) is 0 Å². The minimum atomic E-state index is 0. The summed E-state index contributed by atoms with van der Waals surface area (Å²) in [6.45, 7) is 2.14. The Morgan fingerprint density at radius 3 is 2.33 bits per heavy atom. The minimum absolute atomic E-state index is 0. The van der Waals surface area contributed by atoms with Gasteiger partial charge in [0, 0.05) is 0 Å². The topological polar surface area (TPSA) is 0 Å². The van der Waals surface area contributed by atoms with Gasteiger partial charge in [-0.1, -0.05) is 13.0 Å². The van der Waals surface area contributed by atoms with Gasteiger partial charge < -0.3 is 24.8 Å². The molecule has 0 amide bonds. The first-order valence-electron chi connectivity index (χ1n) is 5.21. The smallest absolute Gasteiger partial charge is 1.00 e. The average molecular weight is 356 g/mol. The van der Waals surface area contributed by atoms with E-state index in [0.717, 1.165) is 6.42 Å². The van der Waals surface area contributed by atoms with Crippen LogP contribution in [0, 0.1) is 13.0 Å². The van der Waals surface area contributed by atoms with Gasteiger partial charge in [0.1, 0.15) is 0 Å². The van der Waals surface area contributed by atoms with Crippen LogP contribution in [-0.2, 0) is 26.2 Å². The quantitative estimate of drug-likeness (QED) is 0.488. The first-order chi connectivity index (χ1) is 7.38. The zero-order chi connectivity index (χ0) is 10.5. The Bertz CT molecular complexity index is 488. The molecule has 3 heteroatoms. The number of fused-ring (bicyclic) bond motifs is 1. The molecule has 0 spiro atoms. The Balaban J connectivity index is 0. The summed E-state index contributed by atoms with van der Waals surface area (Å²) in [5.41, 5.74) is 1.37. The van der Waals surface area contributed by atoms with Crippen molar-refractivity contribution in [2.24, 2.45) is 0 Å². The molecule has 2 aromatic carbocycles. The van der Waals surface area contributed by atoms with Crippen molar-refractivity contribution in [3.8, 4) is 0 Å². The molecule has 0 saturated carbocycles. The molecule has 0 atom stereocenters. The van der Waals surface area contributed by atoms with Crippen molar-refractivity contribution in [3.63, 3.8) is 0 Å². The standard InChI is InChI=1S/C10H9.C5H5.2ClH.Zr/c1-8-6-7-9-4-2-3-5-10(8)9;1-2-4-5-3-1;;;/h2-7H,1H3;1-3H,4H2;2*1H;/q2*-1;;;+4/p-2. The van der Waals surface area contributed by atoms with Crippen molar-refractivity contribution < 1.29 is 51.0 Å². The van der Waals surface area contributed by atoms with Crippen molar-refractivity contribution in [1.29, 1.82) is 0 Å². The van der Waals surface area contributed by atoms with Gasteiger partial charge in [-0.15, -0.1) is 41.0 Å². The predicted octanol–water partition coefficient (Wildman–Crippen LogP) is -1.82. The van der Waals surface area contributed by atoms with Crippen LogP contribution in [0.3, 0.4) is 0 Å². The van der Waals surface area contributed by atoms with Crippen molar-refractivity contribution in [2.45, 2.75) is 13.3 Å². The molecule has 0 aromatic heterocycles. The van der Waals surface area contributed by atoms with E-state index in [4.69, 9.17) is 0 Å². The normalized spacial score (nSPS) is 10.7. The van der Waals surface area contributed by atoms with Gasteiger partial charge in [0.15, 0.2) is 0 Å². The maximum atomic E-state index is 2.99. The summed E-state index contributed by atoms with van der Waals surface area (Å²) in [5, 5.41) is 2.72. The first-order valence-corrected chi connectivity index (χ1v) is 5.21. The van der Waals surface area contributed by atoms with Gasteiger partial charge in [-0.05, 0) is 0 Å². The van der Waals surface area contributed by atoms with Crippen LogP contribution < -0.4 is 24.8 Å². The SMILES string of the molecule is C[c-]1ccc2ccccc21.[C-]1=CC=CC1.[Cl-].[Cl-].[Zr+4]. The van der Waals surface area contributed by atoms with Gasteiger partial charge in [-0.3, -0.25) is 6.08 Å². The molecule has 92 valence electrons. The molecule has 0 N–H and O–H groups in total. The number of allylic oxidation sites excluding steroid dienone is 4. The Morgan fingerprint density at radius 1 is 1.11 bits per heavy atom. The molecular weight excluding hydrogens is 342 g/mol. The molecule has 0 aliphatic heterocycles. The molecule has 0 bridgehead atoms. The van der Waals surface area contributed by atoms with Crippen molar-refractivity contribution in [2.75, 3.05) is 0 Å². The fraction of sp³-hybridized carbons (Fsp3) is 0.133. The third-order valence-corrected chi connectivity index (χ3v) is 2.48. The molecule has 0 heterocycles. The van der Waals surface area contributed by atoms with Gasteiger partial charge in [-0.2, -0.15) is 18.2 Å². The van der Waals surface area contributed by atoms with Crippen LogP contribution in [0.25, 0.3) is 10.8 Å². The molecule has 18 heavy (non-hydrogen) atoms. The maximum Gasteiger partial charge on any atom is 4.00 e. The van der Waals surface area contributed by atoms with Gasteiger partial charge >= 0.3 is 26.2 Å². The van der Waals surface area contributed by atoms with Gasteiger partial charge in [0.25, 0.3) is 0 Å². The third kappa shape index (κ3) is 5.61. The van der Waals surface area contributed by atoms with Gasteiger partial charge in [-0.25, -0.2) is 12.2 Å². The Kier molecular flexibility index (Phi) is 11.9. The minimum Gasteiger partial charge on any atom is -1.00 e. The van der Waals surface area contributed by atoms with E-state index in [0.29, 0.717) is 0 Å².